The van der Waals surface area contributed by atoms with Gasteiger partial charge < -0.3 is 4.74 Å². The second-order valence-electron chi connectivity index (χ2n) is 5.72. The molecule has 0 unspecified atom stereocenters. The van der Waals surface area contributed by atoms with Gasteiger partial charge in [0.2, 0.25) is 0 Å². The third kappa shape index (κ3) is 5.00. The first-order valence-corrected chi connectivity index (χ1v) is 10.2. The SMILES string of the molecule is N#Cc1ccccc1Sc1ccccc1C(=O)OCC(=O)c1cccc(I)c1. The smallest absolute Gasteiger partial charge is 0.339 e. The standard InChI is InChI=1S/C22H14INO3S/c23-17-8-5-7-15(12-17)19(25)14-27-22(26)18-9-2-4-11-21(18)28-20-10-3-1-6-16(20)13-24/h1-12H,14H2. The number of Topliss-reactive ketones (excluding diaryl/α,β-unsaturated/α-hetero) is 1. The van der Waals surface area contributed by atoms with E-state index in [0.29, 0.717) is 21.6 Å². The first-order chi connectivity index (χ1) is 13.6. The van der Waals surface area contributed by atoms with Crippen molar-refractivity contribution in [3.8, 4) is 6.07 Å². The summed E-state index contributed by atoms with van der Waals surface area (Å²) in [5, 5.41) is 9.25. The maximum absolute atomic E-state index is 12.6. The highest BCUT2D eigenvalue weighted by Crippen LogP contribution is 2.32. The van der Waals surface area contributed by atoms with Crippen LogP contribution in [0, 0.1) is 14.9 Å². The Kier molecular flexibility index (Phi) is 6.85. The van der Waals surface area contributed by atoms with E-state index in [1.807, 2.05) is 24.3 Å². The molecule has 0 aliphatic heterocycles. The highest BCUT2D eigenvalue weighted by Gasteiger charge is 2.16. The van der Waals surface area contributed by atoms with E-state index in [1.54, 1.807) is 48.5 Å². The van der Waals surface area contributed by atoms with Crippen LogP contribution in [0.5, 0.6) is 0 Å². The van der Waals surface area contributed by atoms with E-state index in [1.165, 1.54) is 11.8 Å². The lowest BCUT2D eigenvalue weighted by molar-refractivity contribution is 0.0471. The first-order valence-electron chi connectivity index (χ1n) is 8.30. The molecule has 3 rings (SSSR count). The van der Waals surface area contributed by atoms with Crippen LogP contribution < -0.4 is 0 Å². The zero-order valence-electron chi connectivity index (χ0n) is 14.6. The molecule has 6 heteroatoms. The Morgan fingerprint density at radius 2 is 1.68 bits per heavy atom. The summed E-state index contributed by atoms with van der Waals surface area (Å²) in [6, 6.07) is 23.4. The summed E-state index contributed by atoms with van der Waals surface area (Å²) >= 11 is 3.44. The van der Waals surface area contributed by atoms with E-state index in [9.17, 15) is 14.9 Å². The van der Waals surface area contributed by atoms with Crippen molar-refractivity contribution in [2.45, 2.75) is 9.79 Å². The molecule has 28 heavy (non-hydrogen) atoms. The van der Waals surface area contributed by atoms with Crippen LogP contribution in [0.4, 0.5) is 0 Å². The number of ketones is 1. The molecule has 4 nitrogen and oxygen atoms in total. The number of halogens is 1. The summed E-state index contributed by atoms with van der Waals surface area (Å²) < 4.78 is 6.19. The topological polar surface area (TPSA) is 67.2 Å². The molecule has 0 amide bonds. The van der Waals surface area contributed by atoms with Crippen molar-refractivity contribution in [3.05, 3.63) is 93.1 Å². The average Bonchev–Trinajstić information content (AvgIpc) is 2.72. The van der Waals surface area contributed by atoms with Gasteiger partial charge in [-0.15, -0.1) is 0 Å². The molecule has 0 aromatic heterocycles. The van der Waals surface area contributed by atoms with Gasteiger partial charge in [0.1, 0.15) is 6.07 Å². The minimum atomic E-state index is -0.573. The molecule has 138 valence electrons. The minimum Gasteiger partial charge on any atom is -0.454 e. The van der Waals surface area contributed by atoms with E-state index in [-0.39, 0.29) is 12.4 Å². The summed E-state index contributed by atoms with van der Waals surface area (Å²) in [5.41, 5.74) is 1.39. The number of ether oxygens (including phenoxy) is 1. The molecule has 0 N–H and O–H groups in total. The first kappa shape index (κ1) is 20.1. The second-order valence-corrected chi connectivity index (χ2v) is 8.05. The molecule has 0 fully saturated rings. The van der Waals surface area contributed by atoms with Crippen molar-refractivity contribution in [1.82, 2.24) is 0 Å². The summed E-state index contributed by atoms with van der Waals surface area (Å²) in [5.74, 6) is -0.830. The Balaban J connectivity index is 1.74. The number of rotatable bonds is 6. The van der Waals surface area contributed by atoms with E-state index < -0.39 is 5.97 Å². The van der Waals surface area contributed by atoms with Crippen molar-refractivity contribution in [1.29, 1.82) is 5.26 Å². The Morgan fingerprint density at radius 1 is 0.964 bits per heavy atom. The Morgan fingerprint density at radius 3 is 2.43 bits per heavy atom. The summed E-state index contributed by atoms with van der Waals surface area (Å²) in [6.07, 6.45) is 0. The van der Waals surface area contributed by atoms with Gasteiger partial charge in [-0.2, -0.15) is 5.26 Å². The molecule has 0 atom stereocenters. The predicted molar refractivity (Wildman–Crippen MR) is 115 cm³/mol. The van der Waals surface area contributed by atoms with Gasteiger partial charge in [0.05, 0.1) is 11.1 Å². The summed E-state index contributed by atoms with van der Waals surface area (Å²) in [6.45, 7) is -0.327. The van der Waals surface area contributed by atoms with Crippen LogP contribution in [0.15, 0.2) is 82.6 Å². The number of nitrogens with zero attached hydrogens (tertiary/aromatic N) is 1. The molecule has 0 spiro atoms. The fraction of sp³-hybridized carbons (Fsp3) is 0.0455. The van der Waals surface area contributed by atoms with E-state index in [4.69, 9.17) is 4.74 Å². The zero-order chi connectivity index (χ0) is 19.9. The Bertz CT molecular complexity index is 1080. The third-order valence-corrected chi connectivity index (χ3v) is 5.64. The quantitative estimate of drug-likeness (QED) is 0.260. The molecular weight excluding hydrogens is 485 g/mol. The maximum Gasteiger partial charge on any atom is 0.339 e. The van der Waals surface area contributed by atoms with Crippen LogP contribution >= 0.6 is 34.4 Å². The molecule has 0 aliphatic rings. The van der Waals surface area contributed by atoms with Gasteiger partial charge in [0.15, 0.2) is 12.4 Å². The summed E-state index contributed by atoms with van der Waals surface area (Å²) in [7, 11) is 0. The molecular formula is C22H14INO3S. The maximum atomic E-state index is 12.6. The van der Waals surface area contributed by atoms with Gasteiger partial charge in [-0.05, 0) is 59.0 Å². The fourth-order valence-corrected chi connectivity index (χ4v) is 4.00. The van der Waals surface area contributed by atoms with Crippen molar-refractivity contribution < 1.29 is 14.3 Å². The van der Waals surface area contributed by atoms with Gasteiger partial charge in [-0.1, -0.05) is 48.2 Å². The van der Waals surface area contributed by atoms with Gasteiger partial charge in [-0.3, -0.25) is 4.79 Å². The predicted octanol–water partition coefficient (Wildman–Crippen LogP) is 5.35. The molecule has 0 bridgehead atoms. The molecule has 0 saturated heterocycles. The Hall–Kier alpha value is -2.63. The van der Waals surface area contributed by atoms with Crippen LogP contribution in [0.2, 0.25) is 0 Å². The van der Waals surface area contributed by atoms with Crippen LogP contribution in [0.3, 0.4) is 0 Å². The van der Waals surface area contributed by atoms with Gasteiger partial charge in [0.25, 0.3) is 0 Å². The lowest BCUT2D eigenvalue weighted by Gasteiger charge is -2.10. The van der Waals surface area contributed by atoms with Crippen LogP contribution in [0.1, 0.15) is 26.3 Å². The molecule has 3 aromatic carbocycles. The van der Waals surface area contributed by atoms with E-state index >= 15 is 0 Å². The Labute approximate surface area is 180 Å². The van der Waals surface area contributed by atoms with E-state index in [2.05, 4.69) is 28.7 Å². The highest BCUT2D eigenvalue weighted by atomic mass is 127. The van der Waals surface area contributed by atoms with E-state index in [0.717, 1.165) is 8.47 Å². The van der Waals surface area contributed by atoms with Gasteiger partial charge in [-0.25, -0.2) is 4.79 Å². The number of carbonyl (C=O) groups is 2. The zero-order valence-corrected chi connectivity index (χ0v) is 17.6. The lowest BCUT2D eigenvalue weighted by atomic mass is 10.1. The normalized spacial score (nSPS) is 10.1. The molecule has 3 aromatic rings. The monoisotopic (exact) mass is 499 g/mol. The lowest BCUT2D eigenvalue weighted by Crippen LogP contribution is -2.15. The highest BCUT2D eigenvalue weighted by molar-refractivity contribution is 14.1. The number of benzene rings is 3. The van der Waals surface area contributed by atoms with Crippen LogP contribution in [0.25, 0.3) is 0 Å². The second kappa shape index (κ2) is 9.53. The number of hydrogen-bond acceptors (Lipinski definition) is 5. The largest absolute Gasteiger partial charge is 0.454 e. The third-order valence-electron chi connectivity index (χ3n) is 3.82. The van der Waals surface area contributed by atoms with Crippen molar-refractivity contribution in [2.75, 3.05) is 6.61 Å². The van der Waals surface area contributed by atoms with Crippen molar-refractivity contribution >= 4 is 46.1 Å². The summed E-state index contributed by atoms with van der Waals surface area (Å²) in [4.78, 5) is 26.2. The van der Waals surface area contributed by atoms with Crippen LogP contribution in [-0.2, 0) is 4.74 Å². The fourth-order valence-electron chi connectivity index (χ4n) is 2.44. The molecule has 0 heterocycles. The van der Waals surface area contributed by atoms with Crippen molar-refractivity contribution in [2.24, 2.45) is 0 Å². The molecule has 0 saturated carbocycles. The number of hydrogen-bond donors (Lipinski definition) is 0. The van der Waals surface area contributed by atoms with Crippen molar-refractivity contribution in [3.63, 3.8) is 0 Å². The molecule has 0 radical (unpaired) electrons. The average molecular weight is 499 g/mol. The van der Waals surface area contributed by atoms with Gasteiger partial charge in [0, 0.05) is 18.9 Å². The number of nitriles is 1. The van der Waals surface area contributed by atoms with Crippen LogP contribution in [-0.4, -0.2) is 18.4 Å². The number of esters is 1. The van der Waals surface area contributed by atoms with Gasteiger partial charge >= 0.3 is 5.97 Å². The molecule has 0 aliphatic carbocycles. The minimum absolute atomic E-state index is 0.258. The number of carbonyl (C=O) groups excluding carboxylic acids is 2.